The first-order valence-electron chi connectivity index (χ1n) is 10.9. The molecule has 2 rings (SSSR count). The first-order chi connectivity index (χ1) is 16.3. The maximum absolute atomic E-state index is 12.9. The molecule has 2 unspecified atom stereocenters. The maximum Gasteiger partial charge on any atom is 0.408 e. The van der Waals surface area contributed by atoms with Crippen molar-refractivity contribution in [3.05, 3.63) is 72.4 Å². The van der Waals surface area contributed by atoms with Gasteiger partial charge in [0.15, 0.2) is 5.78 Å². The number of ketones is 1. The topological polar surface area (TPSA) is 124 Å². The third-order valence-electron chi connectivity index (χ3n) is 5.39. The molecule has 2 atom stereocenters. The summed E-state index contributed by atoms with van der Waals surface area (Å²) >= 11 is 0. The summed E-state index contributed by atoms with van der Waals surface area (Å²) in [7, 11) is 0. The fourth-order valence-electron chi connectivity index (χ4n) is 3.76. The Kier molecular flexibility index (Phi) is 10.2. The summed E-state index contributed by atoms with van der Waals surface area (Å²) in [5, 5.41) is 20.1. The van der Waals surface area contributed by atoms with Gasteiger partial charge in [-0.2, -0.15) is 0 Å². The van der Waals surface area contributed by atoms with Crippen molar-refractivity contribution in [1.82, 2.24) is 9.96 Å². The molecule has 1 fully saturated rings. The molecular weight excluding hydrogens is 440 g/mol. The molecule has 1 aromatic rings. The minimum Gasteiger partial charge on any atom is -0.481 e. The zero-order chi connectivity index (χ0) is 25.1. The van der Waals surface area contributed by atoms with E-state index in [1.165, 1.54) is 6.08 Å². The predicted molar refractivity (Wildman–Crippen MR) is 125 cm³/mol. The molecule has 0 saturated carbocycles. The van der Waals surface area contributed by atoms with Gasteiger partial charge in [-0.25, -0.2) is 9.86 Å². The Bertz CT molecular complexity index is 955. The Balaban J connectivity index is 2.07. The molecule has 34 heavy (non-hydrogen) atoms. The van der Waals surface area contributed by atoms with E-state index in [1.807, 2.05) is 30.3 Å². The molecule has 1 heterocycles. The van der Waals surface area contributed by atoms with Gasteiger partial charge in [-0.05, 0) is 30.9 Å². The number of hydroxylamine groups is 2. The number of Topliss-reactive ketones (excluding diaryl/α,β-unsaturated/α-hetero) is 1. The van der Waals surface area contributed by atoms with E-state index in [-0.39, 0.29) is 18.4 Å². The summed E-state index contributed by atoms with van der Waals surface area (Å²) in [4.78, 5) is 55.0. The number of aliphatic carboxylic acids is 1. The van der Waals surface area contributed by atoms with Crippen molar-refractivity contribution in [2.24, 2.45) is 5.92 Å². The standard InChI is InChI=1S/C25H30N2O7/c1-3-8-19(9-4-2)16-26(25(32)33)21(15-23(29)30)22(28)17-34-27-13-12-20(24(27)31)14-18-10-6-5-7-11-18/h3-11,20-21H,1,12-17H2,2H3,(H,29,30)(H,32,33). The lowest BCUT2D eigenvalue weighted by atomic mass is 9.98. The molecule has 9 nitrogen and oxygen atoms in total. The van der Waals surface area contributed by atoms with Crippen LogP contribution in [-0.2, 0) is 25.6 Å². The fourth-order valence-corrected chi connectivity index (χ4v) is 3.76. The van der Waals surface area contributed by atoms with Crippen molar-refractivity contribution >= 4 is 23.8 Å². The summed E-state index contributed by atoms with van der Waals surface area (Å²) < 4.78 is 0. The van der Waals surface area contributed by atoms with Gasteiger partial charge < -0.3 is 10.2 Å². The molecule has 182 valence electrons. The number of carbonyl (C=O) groups excluding carboxylic acids is 2. The SMILES string of the molecule is C=CC=C(C=CC)CN(C(=O)O)C(CC(=O)O)C(=O)CON1CCC(Cc2ccccc2)C1=O. The van der Waals surface area contributed by atoms with Gasteiger partial charge in [-0.3, -0.25) is 24.1 Å². The fraction of sp³-hybridized carbons (Fsp3) is 0.360. The van der Waals surface area contributed by atoms with E-state index < -0.39 is 36.9 Å². The van der Waals surface area contributed by atoms with Crippen molar-refractivity contribution in [2.75, 3.05) is 19.7 Å². The average molecular weight is 471 g/mol. The highest BCUT2D eigenvalue weighted by molar-refractivity contribution is 5.91. The second-order valence-corrected chi connectivity index (χ2v) is 7.86. The van der Waals surface area contributed by atoms with Gasteiger partial charge in [-0.1, -0.05) is 61.2 Å². The van der Waals surface area contributed by atoms with Crippen LogP contribution in [0.2, 0.25) is 0 Å². The van der Waals surface area contributed by atoms with Crippen LogP contribution in [0.25, 0.3) is 0 Å². The molecule has 2 amide bonds. The third-order valence-corrected chi connectivity index (χ3v) is 5.39. The third kappa shape index (κ3) is 7.70. The molecule has 1 saturated heterocycles. The quantitative estimate of drug-likeness (QED) is 0.425. The van der Waals surface area contributed by atoms with Crippen LogP contribution in [0.1, 0.15) is 25.3 Å². The number of benzene rings is 1. The van der Waals surface area contributed by atoms with E-state index >= 15 is 0 Å². The first kappa shape index (κ1) is 26.5. The number of carboxylic acid groups (broad SMARTS) is 2. The summed E-state index contributed by atoms with van der Waals surface area (Å²) in [6.45, 7) is 4.79. The molecule has 9 heteroatoms. The van der Waals surface area contributed by atoms with Crippen LogP contribution in [0.15, 0.2) is 66.8 Å². The average Bonchev–Trinajstić information content (AvgIpc) is 3.14. The van der Waals surface area contributed by atoms with Crippen LogP contribution in [0, 0.1) is 5.92 Å². The predicted octanol–water partition coefficient (Wildman–Crippen LogP) is 3.09. The van der Waals surface area contributed by atoms with Crippen LogP contribution < -0.4 is 0 Å². The smallest absolute Gasteiger partial charge is 0.408 e. The second kappa shape index (κ2) is 13.1. The second-order valence-electron chi connectivity index (χ2n) is 7.86. The molecule has 0 bridgehead atoms. The van der Waals surface area contributed by atoms with Crippen molar-refractivity contribution in [3.63, 3.8) is 0 Å². The highest BCUT2D eigenvalue weighted by Gasteiger charge is 2.36. The molecule has 0 aliphatic carbocycles. The van der Waals surface area contributed by atoms with Gasteiger partial charge in [0.2, 0.25) is 5.91 Å². The normalized spacial score (nSPS) is 17.1. The van der Waals surface area contributed by atoms with Gasteiger partial charge in [0.05, 0.1) is 6.42 Å². The van der Waals surface area contributed by atoms with Crippen LogP contribution in [-0.4, -0.2) is 69.7 Å². The van der Waals surface area contributed by atoms with E-state index in [9.17, 15) is 29.4 Å². The Morgan fingerprint density at radius 2 is 1.97 bits per heavy atom. The van der Waals surface area contributed by atoms with Gasteiger partial charge in [0, 0.05) is 19.0 Å². The highest BCUT2D eigenvalue weighted by Crippen LogP contribution is 2.23. The molecule has 0 spiro atoms. The minimum absolute atomic E-state index is 0.211. The molecule has 1 aliphatic rings. The Morgan fingerprint density at radius 1 is 1.26 bits per heavy atom. The lowest BCUT2D eigenvalue weighted by molar-refractivity contribution is -0.182. The number of carbonyl (C=O) groups is 4. The van der Waals surface area contributed by atoms with Gasteiger partial charge in [0.1, 0.15) is 12.6 Å². The minimum atomic E-state index is -1.48. The summed E-state index contributed by atoms with van der Waals surface area (Å²) in [6.07, 6.45) is 5.31. The van der Waals surface area contributed by atoms with E-state index in [0.29, 0.717) is 25.0 Å². The van der Waals surface area contributed by atoms with Gasteiger partial charge in [0.25, 0.3) is 0 Å². The molecule has 1 aliphatic heterocycles. The number of nitrogens with zero attached hydrogens (tertiary/aromatic N) is 2. The van der Waals surface area contributed by atoms with E-state index in [4.69, 9.17) is 4.84 Å². The maximum atomic E-state index is 12.9. The molecule has 2 N–H and O–H groups in total. The lowest BCUT2D eigenvalue weighted by Gasteiger charge is -2.28. The van der Waals surface area contributed by atoms with Crippen molar-refractivity contribution in [2.45, 2.75) is 32.2 Å². The molecular formula is C25H30N2O7. The summed E-state index contributed by atoms with van der Waals surface area (Å²) in [5.41, 5.74) is 1.55. The molecule has 1 aromatic carbocycles. The number of allylic oxidation sites excluding steroid dienone is 3. The number of hydrogen-bond donors (Lipinski definition) is 2. The first-order valence-corrected chi connectivity index (χ1v) is 10.9. The highest BCUT2D eigenvalue weighted by atomic mass is 16.7. The Morgan fingerprint density at radius 3 is 2.56 bits per heavy atom. The number of hydrogen-bond acceptors (Lipinski definition) is 5. The van der Waals surface area contributed by atoms with Crippen LogP contribution in [0.4, 0.5) is 4.79 Å². The Hall–Kier alpha value is -3.72. The summed E-state index contributed by atoms with van der Waals surface area (Å²) in [6, 6.07) is 8.06. The monoisotopic (exact) mass is 470 g/mol. The zero-order valence-corrected chi connectivity index (χ0v) is 19.1. The van der Waals surface area contributed by atoms with Crippen molar-refractivity contribution in [3.8, 4) is 0 Å². The van der Waals surface area contributed by atoms with Gasteiger partial charge >= 0.3 is 12.1 Å². The van der Waals surface area contributed by atoms with E-state index in [2.05, 4.69) is 6.58 Å². The van der Waals surface area contributed by atoms with Crippen LogP contribution >= 0.6 is 0 Å². The van der Waals surface area contributed by atoms with Crippen molar-refractivity contribution < 1.29 is 34.2 Å². The zero-order valence-electron chi connectivity index (χ0n) is 19.1. The van der Waals surface area contributed by atoms with Crippen LogP contribution in [0.5, 0.6) is 0 Å². The molecule has 0 radical (unpaired) electrons. The van der Waals surface area contributed by atoms with Crippen LogP contribution in [0.3, 0.4) is 0 Å². The summed E-state index contributed by atoms with van der Waals surface area (Å²) in [5.74, 6) is -2.62. The number of carboxylic acids is 1. The van der Waals surface area contributed by atoms with E-state index in [0.717, 1.165) is 15.5 Å². The molecule has 0 aromatic heterocycles. The largest absolute Gasteiger partial charge is 0.481 e. The Labute approximate surface area is 198 Å². The van der Waals surface area contributed by atoms with Gasteiger partial charge in [-0.15, -0.1) is 0 Å². The number of rotatable bonds is 13. The number of amides is 2. The van der Waals surface area contributed by atoms with E-state index in [1.54, 1.807) is 25.2 Å². The van der Waals surface area contributed by atoms with Crippen molar-refractivity contribution in [1.29, 1.82) is 0 Å². The lowest BCUT2D eigenvalue weighted by Crippen LogP contribution is -2.48.